The van der Waals surface area contributed by atoms with Crippen LogP contribution >= 0.6 is 11.6 Å². The molecule has 0 saturated heterocycles. The molecular formula is C18H15ClFNO3. The average molecular weight is 348 g/mol. The van der Waals surface area contributed by atoms with Crippen LogP contribution in [0.25, 0.3) is 0 Å². The highest BCUT2D eigenvalue weighted by Gasteiger charge is 2.44. The Labute approximate surface area is 143 Å². The van der Waals surface area contributed by atoms with Gasteiger partial charge < -0.3 is 10.1 Å². The lowest BCUT2D eigenvalue weighted by molar-refractivity contribution is -0.117. The number of halogens is 2. The molecule has 2 unspecified atom stereocenters. The van der Waals surface area contributed by atoms with E-state index in [0.29, 0.717) is 11.4 Å². The normalized spacial score (nSPS) is 18.8. The van der Waals surface area contributed by atoms with Crippen molar-refractivity contribution < 1.29 is 18.7 Å². The smallest absolute Gasteiger partial charge is 0.337 e. The standard InChI is InChI=1S/C18H15ClFNO3/c1-24-18(23)10-6-7-15(20)16(8-10)21-17(22)13-9-12(13)11-4-2-3-5-14(11)19/h2-8,12-13H,9H2,1H3,(H,21,22). The number of nitrogens with one attached hydrogen (secondary N) is 1. The second kappa shape index (κ2) is 6.61. The molecule has 4 nitrogen and oxygen atoms in total. The van der Waals surface area contributed by atoms with Gasteiger partial charge in [0.15, 0.2) is 0 Å². The molecule has 1 fully saturated rings. The lowest BCUT2D eigenvalue weighted by Gasteiger charge is -2.08. The molecule has 0 heterocycles. The maximum Gasteiger partial charge on any atom is 0.337 e. The number of carbonyl (C=O) groups is 2. The van der Waals surface area contributed by atoms with Crippen LogP contribution in [-0.2, 0) is 9.53 Å². The third-order valence-corrected chi connectivity index (χ3v) is 4.42. The number of benzene rings is 2. The summed E-state index contributed by atoms with van der Waals surface area (Å²) in [5.41, 5.74) is 1.06. The van der Waals surface area contributed by atoms with Crippen molar-refractivity contribution in [1.29, 1.82) is 0 Å². The Hall–Kier alpha value is -2.40. The average Bonchev–Trinajstić information content (AvgIpc) is 3.37. The first-order valence-corrected chi connectivity index (χ1v) is 7.82. The number of methoxy groups -OCH3 is 1. The van der Waals surface area contributed by atoms with Crippen molar-refractivity contribution in [3.05, 3.63) is 64.4 Å². The molecular weight excluding hydrogens is 333 g/mol. The van der Waals surface area contributed by atoms with Crippen LogP contribution < -0.4 is 5.32 Å². The summed E-state index contributed by atoms with van der Waals surface area (Å²) in [6, 6.07) is 11.1. The van der Waals surface area contributed by atoms with Gasteiger partial charge in [-0.1, -0.05) is 29.8 Å². The van der Waals surface area contributed by atoms with Crippen LogP contribution in [-0.4, -0.2) is 19.0 Å². The van der Waals surface area contributed by atoms with E-state index in [0.717, 1.165) is 11.6 Å². The molecule has 1 N–H and O–H groups in total. The maximum absolute atomic E-state index is 13.9. The monoisotopic (exact) mass is 347 g/mol. The Morgan fingerprint density at radius 3 is 2.71 bits per heavy atom. The van der Waals surface area contributed by atoms with Crippen molar-refractivity contribution in [2.75, 3.05) is 12.4 Å². The molecule has 3 rings (SSSR count). The van der Waals surface area contributed by atoms with E-state index in [9.17, 15) is 14.0 Å². The topological polar surface area (TPSA) is 55.4 Å². The maximum atomic E-state index is 13.9. The van der Waals surface area contributed by atoms with E-state index in [1.165, 1.54) is 19.2 Å². The van der Waals surface area contributed by atoms with Gasteiger partial charge in [-0.05, 0) is 42.2 Å². The first-order valence-electron chi connectivity index (χ1n) is 7.44. The summed E-state index contributed by atoms with van der Waals surface area (Å²) in [7, 11) is 1.24. The third-order valence-electron chi connectivity index (χ3n) is 4.08. The quantitative estimate of drug-likeness (QED) is 0.850. The third kappa shape index (κ3) is 3.26. The number of ether oxygens (including phenoxy) is 1. The van der Waals surface area contributed by atoms with E-state index in [-0.39, 0.29) is 29.0 Å². The van der Waals surface area contributed by atoms with Gasteiger partial charge in [0.25, 0.3) is 0 Å². The molecule has 6 heteroatoms. The summed E-state index contributed by atoms with van der Waals surface area (Å²) < 4.78 is 18.5. The molecule has 2 aromatic carbocycles. The summed E-state index contributed by atoms with van der Waals surface area (Å²) in [6.07, 6.45) is 0.661. The van der Waals surface area contributed by atoms with Crippen molar-refractivity contribution in [2.45, 2.75) is 12.3 Å². The number of hydrogen-bond donors (Lipinski definition) is 1. The molecule has 0 aromatic heterocycles. The van der Waals surface area contributed by atoms with Gasteiger partial charge in [-0.25, -0.2) is 9.18 Å². The summed E-state index contributed by atoms with van der Waals surface area (Å²) in [5.74, 6) is -1.71. The Kier molecular flexibility index (Phi) is 4.53. The molecule has 2 aromatic rings. The molecule has 1 aliphatic rings. The predicted octanol–water partition coefficient (Wildman–Crippen LogP) is 4.01. The fourth-order valence-corrected chi connectivity index (χ4v) is 2.97. The van der Waals surface area contributed by atoms with Gasteiger partial charge >= 0.3 is 5.97 Å². The SMILES string of the molecule is COC(=O)c1ccc(F)c(NC(=O)C2CC2c2ccccc2Cl)c1. The largest absolute Gasteiger partial charge is 0.465 e. The van der Waals surface area contributed by atoms with Crippen molar-refractivity contribution in [3.63, 3.8) is 0 Å². The minimum atomic E-state index is -0.606. The van der Waals surface area contributed by atoms with E-state index in [1.807, 2.05) is 18.2 Å². The second-order valence-electron chi connectivity index (χ2n) is 5.65. The highest BCUT2D eigenvalue weighted by Crippen LogP contribution is 2.50. The number of rotatable bonds is 4. The number of amides is 1. The zero-order valence-electron chi connectivity index (χ0n) is 12.9. The summed E-state index contributed by atoms with van der Waals surface area (Å²) in [6.45, 7) is 0. The van der Waals surface area contributed by atoms with Gasteiger partial charge in [0.05, 0.1) is 18.4 Å². The zero-order valence-corrected chi connectivity index (χ0v) is 13.6. The molecule has 0 bridgehead atoms. The van der Waals surface area contributed by atoms with E-state index in [4.69, 9.17) is 11.6 Å². The highest BCUT2D eigenvalue weighted by molar-refractivity contribution is 6.31. The van der Waals surface area contributed by atoms with E-state index < -0.39 is 11.8 Å². The number of anilines is 1. The van der Waals surface area contributed by atoms with Crippen molar-refractivity contribution >= 4 is 29.2 Å². The molecule has 0 radical (unpaired) electrons. The van der Waals surface area contributed by atoms with Gasteiger partial charge in [0.1, 0.15) is 5.82 Å². The van der Waals surface area contributed by atoms with Crippen LogP contribution in [0.4, 0.5) is 10.1 Å². The second-order valence-corrected chi connectivity index (χ2v) is 6.05. The van der Waals surface area contributed by atoms with Gasteiger partial charge in [-0.3, -0.25) is 4.79 Å². The van der Waals surface area contributed by atoms with Crippen LogP contribution in [0.15, 0.2) is 42.5 Å². The van der Waals surface area contributed by atoms with Crippen molar-refractivity contribution in [1.82, 2.24) is 0 Å². The fraction of sp³-hybridized carbons (Fsp3) is 0.222. The molecule has 124 valence electrons. The molecule has 1 amide bonds. The number of hydrogen-bond acceptors (Lipinski definition) is 3. The van der Waals surface area contributed by atoms with Crippen LogP contribution in [0.3, 0.4) is 0 Å². The summed E-state index contributed by atoms with van der Waals surface area (Å²) in [5, 5.41) is 3.17. The summed E-state index contributed by atoms with van der Waals surface area (Å²) in [4.78, 5) is 23.8. The minimum Gasteiger partial charge on any atom is -0.465 e. The van der Waals surface area contributed by atoms with E-state index >= 15 is 0 Å². The van der Waals surface area contributed by atoms with Crippen LogP contribution in [0, 0.1) is 11.7 Å². The summed E-state index contributed by atoms with van der Waals surface area (Å²) >= 11 is 6.14. The predicted molar refractivity (Wildman–Crippen MR) is 88.7 cm³/mol. The molecule has 1 aliphatic carbocycles. The lowest BCUT2D eigenvalue weighted by atomic mass is 10.1. The Bertz CT molecular complexity index is 809. The first-order chi connectivity index (χ1) is 11.5. The van der Waals surface area contributed by atoms with Crippen molar-refractivity contribution in [3.8, 4) is 0 Å². The molecule has 1 saturated carbocycles. The molecule has 2 atom stereocenters. The Morgan fingerprint density at radius 2 is 2.00 bits per heavy atom. The molecule has 0 aliphatic heterocycles. The minimum absolute atomic E-state index is 0.0329. The Morgan fingerprint density at radius 1 is 1.25 bits per heavy atom. The lowest BCUT2D eigenvalue weighted by Crippen LogP contribution is -2.16. The van der Waals surface area contributed by atoms with Crippen LogP contribution in [0.1, 0.15) is 28.3 Å². The fourth-order valence-electron chi connectivity index (χ4n) is 2.70. The van der Waals surface area contributed by atoms with Crippen LogP contribution in [0.2, 0.25) is 5.02 Å². The van der Waals surface area contributed by atoms with E-state index in [1.54, 1.807) is 6.07 Å². The highest BCUT2D eigenvalue weighted by atomic mass is 35.5. The Balaban J connectivity index is 1.72. The van der Waals surface area contributed by atoms with Gasteiger partial charge in [-0.15, -0.1) is 0 Å². The first kappa shape index (κ1) is 16.5. The molecule has 0 spiro atoms. The zero-order chi connectivity index (χ0) is 17.3. The molecule has 24 heavy (non-hydrogen) atoms. The van der Waals surface area contributed by atoms with Crippen LogP contribution in [0.5, 0.6) is 0 Å². The van der Waals surface area contributed by atoms with E-state index in [2.05, 4.69) is 10.1 Å². The number of carbonyl (C=O) groups excluding carboxylic acids is 2. The van der Waals surface area contributed by atoms with Gasteiger partial charge in [-0.2, -0.15) is 0 Å². The van der Waals surface area contributed by atoms with Crippen molar-refractivity contribution in [2.24, 2.45) is 5.92 Å². The van der Waals surface area contributed by atoms with Gasteiger partial charge in [0.2, 0.25) is 5.91 Å². The number of esters is 1. The van der Waals surface area contributed by atoms with Gasteiger partial charge in [0, 0.05) is 10.9 Å².